The van der Waals surface area contributed by atoms with Gasteiger partial charge in [0.05, 0.1) is 33.3 Å². The van der Waals surface area contributed by atoms with Crippen LogP contribution in [0.25, 0.3) is 0 Å². The number of benzene rings is 2. The van der Waals surface area contributed by atoms with Crippen LogP contribution in [0.1, 0.15) is 107 Å². The van der Waals surface area contributed by atoms with E-state index < -0.39 is 58.3 Å². The third kappa shape index (κ3) is 24.5. The molecule has 1 amide bonds. The standard InChI is InChI=1S/C48H74N4O11/c1-45(2,3)60-40(54)32-49(33-41(55)61-46(4,5)6)26-28-51(29-27-50(34-42(56)62-47(7,8)9)35-43(57)63-48(10,11)12)38(44(58)59-13)24-25-39(53)52(30-36-20-16-14-17-21-36)31-37-22-18-15-19-23-37/h14-23,38H,24-35H2,1-13H3/t38-/m0/s1. The lowest BCUT2D eigenvalue weighted by Crippen LogP contribution is -2.51. The molecule has 2 aromatic carbocycles. The quantitative estimate of drug-likeness (QED) is 0.0972. The Morgan fingerprint density at radius 2 is 0.810 bits per heavy atom. The number of nitrogens with zero attached hydrogens (tertiary/aromatic N) is 4. The third-order valence-corrected chi connectivity index (χ3v) is 8.83. The lowest BCUT2D eigenvalue weighted by Gasteiger charge is -2.34. The highest BCUT2D eigenvalue weighted by Gasteiger charge is 2.32. The Hall–Kier alpha value is -4.86. The van der Waals surface area contributed by atoms with Gasteiger partial charge in [-0.15, -0.1) is 0 Å². The summed E-state index contributed by atoms with van der Waals surface area (Å²) < 4.78 is 27.7. The van der Waals surface area contributed by atoms with Crippen molar-refractivity contribution in [2.45, 2.75) is 137 Å². The second-order valence-corrected chi connectivity index (χ2v) is 19.6. The van der Waals surface area contributed by atoms with Crippen molar-refractivity contribution in [3.05, 3.63) is 71.8 Å². The largest absolute Gasteiger partial charge is 0.468 e. The molecule has 0 aromatic heterocycles. The summed E-state index contributed by atoms with van der Waals surface area (Å²) in [5.74, 6) is -3.06. The molecule has 15 heteroatoms. The van der Waals surface area contributed by atoms with Gasteiger partial charge >= 0.3 is 29.8 Å². The molecule has 0 fully saturated rings. The van der Waals surface area contributed by atoms with E-state index in [0.717, 1.165) is 11.1 Å². The predicted octanol–water partition coefficient (Wildman–Crippen LogP) is 5.81. The van der Waals surface area contributed by atoms with Gasteiger partial charge < -0.3 is 28.6 Å². The Bertz CT molecular complexity index is 1590. The van der Waals surface area contributed by atoms with Crippen molar-refractivity contribution >= 4 is 35.8 Å². The minimum Gasteiger partial charge on any atom is -0.468 e. The number of carbonyl (C=O) groups excluding carboxylic acids is 6. The SMILES string of the molecule is COC(=O)[C@H](CCC(=O)N(Cc1ccccc1)Cc1ccccc1)N(CCN(CC(=O)OC(C)(C)C)CC(=O)OC(C)(C)C)CCN(CC(=O)OC(C)(C)C)CC(=O)OC(C)(C)C. The fourth-order valence-electron chi connectivity index (χ4n) is 6.46. The van der Waals surface area contributed by atoms with Crippen LogP contribution in [-0.2, 0) is 65.5 Å². The van der Waals surface area contributed by atoms with Gasteiger partial charge in [-0.1, -0.05) is 60.7 Å². The van der Waals surface area contributed by atoms with Gasteiger partial charge in [0.25, 0.3) is 0 Å². The van der Waals surface area contributed by atoms with E-state index in [1.165, 1.54) is 7.11 Å². The topological polar surface area (TPSA) is 162 Å². The van der Waals surface area contributed by atoms with E-state index in [2.05, 4.69) is 0 Å². The van der Waals surface area contributed by atoms with E-state index in [0.29, 0.717) is 13.1 Å². The van der Waals surface area contributed by atoms with Crippen LogP contribution in [0.2, 0.25) is 0 Å². The zero-order valence-electron chi connectivity index (χ0n) is 40.1. The molecule has 2 aromatic rings. The normalized spacial score (nSPS) is 12.8. The number of rotatable bonds is 23. The monoisotopic (exact) mass is 883 g/mol. The molecule has 0 bridgehead atoms. The molecular formula is C48H74N4O11. The predicted molar refractivity (Wildman–Crippen MR) is 240 cm³/mol. The Kier molecular flexibility index (Phi) is 21.4. The minimum atomic E-state index is -0.996. The lowest BCUT2D eigenvalue weighted by atomic mass is 10.1. The highest BCUT2D eigenvalue weighted by molar-refractivity contribution is 5.80. The Labute approximate surface area is 375 Å². The number of hydrogen-bond donors (Lipinski definition) is 0. The Morgan fingerprint density at radius 1 is 0.492 bits per heavy atom. The van der Waals surface area contributed by atoms with Gasteiger partial charge in [0.1, 0.15) is 28.4 Å². The Morgan fingerprint density at radius 3 is 1.10 bits per heavy atom. The average molecular weight is 883 g/mol. The van der Waals surface area contributed by atoms with Crippen molar-refractivity contribution in [1.82, 2.24) is 19.6 Å². The number of methoxy groups -OCH3 is 1. The van der Waals surface area contributed by atoms with Crippen molar-refractivity contribution in [2.75, 3.05) is 59.5 Å². The number of esters is 5. The second-order valence-electron chi connectivity index (χ2n) is 19.6. The van der Waals surface area contributed by atoms with Crippen LogP contribution >= 0.6 is 0 Å². The summed E-state index contributed by atoms with van der Waals surface area (Å²) in [7, 11) is 1.26. The molecule has 2 rings (SSSR count). The van der Waals surface area contributed by atoms with Gasteiger partial charge in [0.15, 0.2) is 0 Å². The molecule has 0 saturated carbocycles. The van der Waals surface area contributed by atoms with E-state index >= 15 is 0 Å². The van der Waals surface area contributed by atoms with Crippen molar-refractivity contribution in [3.63, 3.8) is 0 Å². The number of amides is 1. The molecule has 15 nitrogen and oxygen atoms in total. The summed E-state index contributed by atoms with van der Waals surface area (Å²) in [6.07, 6.45) is 0.0108. The van der Waals surface area contributed by atoms with E-state index in [9.17, 15) is 28.8 Å². The van der Waals surface area contributed by atoms with Crippen molar-refractivity contribution < 1.29 is 52.5 Å². The van der Waals surface area contributed by atoms with Gasteiger partial charge in [-0.3, -0.25) is 43.5 Å². The maximum absolute atomic E-state index is 14.2. The number of carbonyl (C=O) groups is 6. The summed E-state index contributed by atoms with van der Waals surface area (Å²) in [6.45, 7) is 20.9. The van der Waals surface area contributed by atoms with Gasteiger partial charge in [-0.2, -0.15) is 0 Å². The van der Waals surface area contributed by atoms with Crippen LogP contribution in [0.4, 0.5) is 0 Å². The molecule has 0 unspecified atom stereocenters. The zero-order chi connectivity index (χ0) is 47.6. The lowest BCUT2D eigenvalue weighted by molar-refractivity contribution is -0.162. The van der Waals surface area contributed by atoms with E-state index in [-0.39, 0.29) is 71.1 Å². The van der Waals surface area contributed by atoms with Gasteiger partial charge in [-0.05, 0) is 101 Å². The summed E-state index contributed by atoms with van der Waals surface area (Å²) in [4.78, 5) is 87.3. The van der Waals surface area contributed by atoms with Crippen molar-refractivity contribution in [2.24, 2.45) is 0 Å². The molecule has 0 saturated heterocycles. The first-order valence-corrected chi connectivity index (χ1v) is 21.6. The van der Waals surface area contributed by atoms with Crippen LogP contribution in [0, 0.1) is 0 Å². The molecule has 0 aliphatic rings. The van der Waals surface area contributed by atoms with E-state index in [1.807, 2.05) is 60.7 Å². The molecule has 0 aliphatic carbocycles. The van der Waals surface area contributed by atoms with Crippen LogP contribution in [0.5, 0.6) is 0 Å². The van der Waals surface area contributed by atoms with Gasteiger partial charge in [0, 0.05) is 45.7 Å². The van der Waals surface area contributed by atoms with Crippen LogP contribution < -0.4 is 0 Å². The second kappa shape index (κ2) is 24.8. The van der Waals surface area contributed by atoms with Crippen LogP contribution in [0.3, 0.4) is 0 Å². The third-order valence-electron chi connectivity index (χ3n) is 8.83. The molecule has 1 atom stereocenters. The van der Waals surface area contributed by atoms with Crippen molar-refractivity contribution in [3.8, 4) is 0 Å². The smallest absolute Gasteiger partial charge is 0.323 e. The summed E-state index contributed by atoms with van der Waals surface area (Å²) in [5, 5.41) is 0. The first-order chi connectivity index (χ1) is 29.1. The molecule has 63 heavy (non-hydrogen) atoms. The molecule has 0 radical (unpaired) electrons. The van der Waals surface area contributed by atoms with E-state index in [1.54, 1.807) is 103 Å². The van der Waals surface area contributed by atoms with E-state index in [4.69, 9.17) is 23.7 Å². The molecule has 0 aliphatic heterocycles. The molecule has 352 valence electrons. The maximum atomic E-state index is 14.2. The fourth-order valence-corrected chi connectivity index (χ4v) is 6.46. The number of hydrogen-bond acceptors (Lipinski definition) is 14. The van der Waals surface area contributed by atoms with Crippen LogP contribution in [-0.4, -0.2) is 143 Å². The summed E-state index contributed by atoms with van der Waals surface area (Å²) in [5.41, 5.74) is -1.27. The van der Waals surface area contributed by atoms with Crippen molar-refractivity contribution in [1.29, 1.82) is 0 Å². The molecule has 0 heterocycles. The fraction of sp³-hybridized carbons (Fsp3) is 0.625. The summed E-state index contributed by atoms with van der Waals surface area (Å²) in [6, 6.07) is 18.3. The average Bonchev–Trinajstić information content (AvgIpc) is 3.12. The van der Waals surface area contributed by atoms with Gasteiger partial charge in [-0.25, -0.2) is 0 Å². The highest BCUT2D eigenvalue weighted by Crippen LogP contribution is 2.18. The first-order valence-electron chi connectivity index (χ1n) is 21.6. The summed E-state index contributed by atoms with van der Waals surface area (Å²) >= 11 is 0. The highest BCUT2D eigenvalue weighted by atomic mass is 16.6. The molecule has 0 N–H and O–H groups in total. The first kappa shape index (κ1) is 54.3. The Balaban J connectivity index is 2.56. The van der Waals surface area contributed by atoms with Gasteiger partial charge in [0.2, 0.25) is 5.91 Å². The molecule has 0 spiro atoms. The maximum Gasteiger partial charge on any atom is 0.323 e. The molecular weight excluding hydrogens is 809 g/mol. The number of ether oxygens (including phenoxy) is 5. The zero-order valence-corrected chi connectivity index (χ0v) is 40.1. The minimum absolute atomic E-state index is 0.0327. The van der Waals surface area contributed by atoms with Crippen LogP contribution in [0.15, 0.2) is 60.7 Å².